The maximum absolute atomic E-state index is 13.3. The van der Waals surface area contributed by atoms with Gasteiger partial charge in [0.05, 0.1) is 5.52 Å². The van der Waals surface area contributed by atoms with E-state index in [4.69, 9.17) is 0 Å². The fraction of sp³-hybridized carbons (Fsp3) is 0.481. The van der Waals surface area contributed by atoms with E-state index in [-0.39, 0.29) is 36.5 Å². The van der Waals surface area contributed by atoms with E-state index in [2.05, 4.69) is 5.32 Å². The van der Waals surface area contributed by atoms with E-state index >= 15 is 0 Å². The third-order valence-corrected chi connectivity index (χ3v) is 7.88. The summed E-state index contributed by atoms with van der Waals surface area (Å²) in [6.07, 6.45) is 7.78. The number of para-hydroxylation sites is 1. The Balaban J connectivity index is 1.38. The molecule has 1 aliphatic rings. The lowest BCUT2D eigenvalue weighted by molar-refractivity contribution is -0.133. The molecule has 2 heterocycles. The number of aromatic nitrogens is 2. The summed E-state index contributed by atoms with van der Waals surface area (Å²) in [7, 11) is 1.82. The number of carbonyl (C=O) groups excluding carboxylic acids is 2. The van der Waals surface area contributed by atoms with Crippen molar-refractivity contribution in [2.45, 2.75) is 76.9 Å². The lowest BCUT2D eigenvalue weighted by atomic mass is 9.94. The summed E-state index contributed by atoms with van der Waals surface area (Å²) < 4.78 is 3.18. The Bertz CT molecular complexity index is 1300. The number of nitrogens with zero attached hydrogens (tertiary/aromatic N) is 3. The van der Waals surface area contributed by atoms with Crippen molar-refractivity contribution in [2.75, 3.05) is 12.4 Å². The Morgan fingerprint density at radius 1 is 1.00 bits per heavy atom. The molecule has 0 spiro atoms. The van der Waals surface area contributed by atoms with Crippen LogP contribution in [0.25, 0.3) is 10.2 Å². The van der Waals surface area contributed by atoms with Gasteiger partial charge in [-0.3, -0.25) is 23.5 Å². The largest absolute Gasteiger partial charge is 0.341 e. The standard InChI is InChI=1S/C27H34N4O4S/c1-29(21-13-7-3-8-14-21)24(33)19-31-22-16-18-36-25(22)26(34)30(27(31)35)17-10-4-9-15-23(32)28-20-11-5-2-6-12-20/h2,5-6,11-12,16,18,21H,3-4,7-10,13-15,17,19H2,1H3,(H,28,32). The van der Waals surface area contributed by atoms with Crippen LogP contribution in [-0.4, -0.2) is 38.9 Å². The number of unbranched alkanes of at least 4 members (excludes halogenated alkanes) is 2. The number of nitrogens with one attached hydrogen (secondary N) is 1. The average molecular weight is 511 g/mol. The first-order valence-electron chi connectivity index (χ1n) is 12.8. The van der Waals surface area contributed by atoms with Gasteiger partial charge in [0.1, 0.15) is 11.2 Å². The van der Waals surface area contributed by atoms with Gasteiger partial charge in [0.15, 0.2) is 0 Å². The summed E-state index contributed by atoms with van der Waals surface area (Å²) in [5.74, 6) is -0.160. The molecule has 1 aromatic carbocycles. The number of hydrogen-bond acceptors (Lipinski definition) is 5. The molecule has 2 aromatic heterocycles. The number of carbonyl (C=O) groups is 2. The summed E-state index contributed by atoms with van der Waals surface area (Å²) in [4.78, 5) is 53.3. The molecule has 36 heavy (non-hydrogen) atoms. The van der Waals surface area contributed by atoms with Gasteiger partial charge in [0.2, 0.25) is 11.8 Å². The first-order valence-corrected chi connectivity index (χ1v) is 13.6. The van der Waals surface area contributed by atoms with E-state index in [0.717, 1.165) is 31.4 Å². The number of fused-ring (bicyclic) bond motifs is 1. The number of thiophene rings is 1. The smallest absolute Gasteiger partial charge is 0.332 e. The van der Waals surface area contributed by atoms with Crippen LogP contribution in [0.5, 0.6) is 0 Å². The summed E-state index contributed by atoms with van der Waals surface area (Å²) in [6, 6.07) is 11.3. The van der Waals surface area contributed by atoms with E-state index < -0.39 is 5.69 Å². The van der Waals surface area contributed by atoms with Crippen LogP contribution in [0.3, 0.4) is 0 Å². The zero-order valence-corrected chi connectivity index (χ0v) is 21.6. The van der Waals surface area contributed by atoms with Crippen LogP contribution in [0.4, 0.5) is 5.69 Å². The monoisotopic (exact) mass is 510 g/mol. The number of benzene rings is 1. The minimum absolute atomic E-state index is 0.0543. The molecule has 0 unspecified atom stereocenters. The Hall–Kier alpha value is -3.20. The van der Waals surface area contributed by atoms with Gasteiger partial charge in [-0.1, -0.05) is 43.9 Å². The van der Waals surface area contributed by atoms with Crippen LogP contribution in [0.1, 0.15) is 57.8 Å². The topological polar surface area (TPSA) is 93.4 Å². The number of likely N-dealkylation sites (N-methyl/N-ethyl adjacent to an activating group) is 1. The van der Waals surface area contributed by atoms with Crippen LogP contribution in [-0.2, 0) is 22.7 Å². The lowest BCUT2D eigenvalue weighted by Gasteiger charge is -2.31. The van der Waals surface area contributed by atoms with Gasteiger partial charge in [-0.2, -0.15) is 0 Å². The van der Waals surface area contributed by atoms with Crippen molar-refractivity contribution >= 4 is 39.1 Å². The first-order chi connectivity index (χ1) is 17.5. The molecule has 1 fully saturated rings. The fourth-order valence-corrected chi connectivity index (χ4v) is 5.72. The van der Waals surface area contributed by atoms with Crippen molar-refractivity contribution in [3.63, 3.8) is 0 Å². The van der Waals surface area contributed by atoms with Crippen molar-refractivity contribution < 1.29 is 9.59 Å². The molecule has 1 saturated carbocycles. The molecule has 4 rings (SSSR count). The second kappa shape index (κ2) is 12.2. The Morgan fingerprint density at radius 2 is 1.75 bits per heavy atom. The van der Waals surface area contributed by atoms with Crippen molar-refractivity contribution in [3.05, 3.63) is 62.6 Å². The number of rotatable bonds is 10. The summed E-state index contributed by atoms with van der Waals surface area (Å²) in [5.41, 5.74) is 0.533. The molecule has 0 saturated heterocycles. The van der Waals surface area contributed by atoms with Gasteiger partial charge in [0.25, 0.3) is 5.56 Å². The molecule has 0 bridgehead atoms. The average Bonchev–Trinajstić information content (AvgIpc) is 3.39. The zero-order valence-electron chi connectivity index (χ0n) is 20.8. The van der Waals surface area contributed by atoms with Crippen LogP contribution in [0.15, 0.2) is 51.4 Å². The number of amides is 2. The Morgan fingerprint density at radius 3 is 2.50 bits per heavy atom. The van der Waals surface area contributed by atoms with Crippen LogP contribution < -0.4 is 16.6 Å². The van der Waals surface area contributed by atoms with Gasteiger partial charge in [-0.05, 0) is 49.3 Å². The summed E-state index contributed by atoms with van der Waals surface area (Å²) in [5, 5.41) is 4.65. The minimum Gasteiger partial charge on any atom is -0.341 e. The molecule has 192 valence electrons. The molecule has 9 heteroatoms. The molecular weight excluding hydrogens is 476 g/mol. The predicted molar refractivity (Wildman–Crippen MR) is 144 cm³/mol. The first kappa shape index (κ1) is 25.9. The summed E-state index contributed by atoms with van der Waals surface area (Å²) >= 11 is 1.29. The Labute approximate surface area is 214 Å². The number of anilines is 1. The minimum atomic E-state index is -0.446. The van der Waals surface area contributed by atoms with Crippen LogP contribution in [0, 0.1) is 0 Å². The fourth-order valence-electron chi connectivity index (χ4n) is 4.88. The molecule has 1 N–H and O–H groups in total. The second-order valence-electron chi connectivity index (χ2n) is 9.48. The molecule has 0 aliphatic heterocycles. The van der Waals surface area contributed by atoms with Gasteiger partial charge in [0, 0.05) is 31.7 Å². The molecule has 8 nitrogen and oxygen atoms in total. The SMILES string of the molecule is CN(C(=O)Cn1c(=O)n(CCCCCC(=O)Nc2ccccc2)c(=O)c2sccc21)C1CCCCC1. The highest BCUT2D eigenvalue weighted by Crippen LogP contribution is 2.22. The van der Waals surface area contributed by atoms with E-state index in [1.165, 1.54) is 26.9 Å². The van der Waals surface area contributed by atoms with Crippen molar-refractivity contribution in [1.29, 1.82) is 0 Å². The highest BCUT2D eigenvalue weighted by Gasteiger charge is 2.24. The number of hydrogen-bond donors (Lipinski definition) is 1. The van der Waals surface area contributed by atoms with E-state index in [9.17, 15) is 19.2 Å². The van der Waals surface area contributed by atoms with Crippen LogP contribution >= 0.6 is 11.3 Å². The van der Waals surface area contributed by atoms with Crippen LogP contribution in [0.2, 0.25) is 0 Å². The summed E-state index contributed by atoms with van der Waals surface area (Å²) in [6.45, 7) is 0.192. The van der Waals surface area contributed by atoms with Crippen molar-refractivity contribution in [1.82, 2.24) is 14.0 Å². The molecule has 2 amide bonds. The van der Waals surface area contributed by atoms with E-state index in [0.29, 0.717) is 35.9 Å². The third kappa shape index (κ3) is 6.13. The zero-order chi connectivity index (χ0) is 25.5. The third-order valence-electron chi connectivity index (χ3n) is 6.99. The quantitative estimate of drug-likeness (QED) is 0.414. The van der Waals surface area contributed by atoms with E-state index in [1.54, 1.807) is 16.3 Å². The van der Waals surface area contributed by atoms with Gasteiger partial charge >= 0.3 is 5.69 Å². The van der Waals surface area contributed by atoms with Gasteiger partial charge < -0.3 is 10.2 Å². The predicted octanol–water partition coefficient (Wildman–Crippen LogP) is 4.21. The normalized spacial score (nSPS) is 14.1. The maximum atomic E-state index is 13.3. The molecular formula is C27H34N4O4S. The molecule has 3 aromatic rings. The molecule has 0 atom stereocenters. The van der Waals surface area contributed by atoms with Gasteiger partial charge in [-0.15, -0.1) is 11.3 Å². The van der Waals surface area contributed by atoms with E-state index in [1.807, 2.05) is 37.4 Å². The van der Waals surface area contributed by atoms with Crippen molar-refractivity contribution in [3.8, 4) is 0 Å². The highest BCUT2D eigenvalue weighted by molar-refractivity contribution is 7.17. The van der Waals surface area contributed by atoms with Crippen molar-refractivity contribution in [2.24, 2.45) is 0 Å². The Kier molecular flexibility index (Phi) is 8.74. The molecule has 0 radical (unpaired) electrons. The molecule has 1 aliphatic carbocycles. The lowest BCUT2D eigenvalue weighted by Crippen LogP contribution is -2.45. The second-order valence-corrected chi connectivity index (χ2v) is 10.4. The van der Waals surface area contributed by atoms with Gasteiger partial charge in [-0.25, -0.2) is 4.79 Å². The highest BCUT2D eigenvalue weighted by atomic mass is 32.1. The maximum Gasteiger partial charge on any atom is 0.332 e.